The molecule has 1 amide bonds. The minimum atomic E-state index is -0.352. The van der Waals surface area contributed by atoms with Crippen molar-refractivity contribution in [1.29, 1.82) is 0 Å². The molecule has 0 bridgehead atoms. The first-order chi connectivity index (χ1) is 10.2. The summed E-state index contributed by atoms with van der Waals surface area (Å²) in [6.07, 6.45) is 2.29. The molecule has 1 aliphatic carbocycles. The first-order valence-electron chi connectivity index (χ1n) is 6.63. The van der Waals surface area contributed by atoms with Gasteiger partial charge in [-0.25, -0.2) is 4.39 Å². The fourth-order valence-corrected chi connectivity index (χ4v) is 3.09. The SMILES string of the molecule is O=C(Nc1nnc(C2CC2)s1)c1cc2c(F)cccc2[nH]1. The number of fused-ring (bicyclic) bond motifs is 1. The van der Waals surface area contributed by atoms with Crippen LogP contribution < -0.4 is 5.32 Å². The van der Waals surface area contributed by atoms with Gasteiger partial charge in [0.1, 0.15) is 16.5 Å². The van der Waals surface area contributed by atoms with E-state index in [1.807, 2.05) is 0 Å². The Morgan fingerprint density at radius 1 is 1.38 bits per heavy atom. The second kappa shape index (κ2) is 4.63. The molecule has 0 atom stereocenters. The van der Waals surface area contributed by atoms with Gasteiger partial charge in [-0.2, -0.15) is 0 Å². The predicted molar refractivity (Wildman–Crippen MR) is 78.1 cm³/mol. The van der Waals surface area contributed by atoms with Crippen molar-refractivity contribution in [3.8, 4) is 0 Å². The van der Waals surface area contributed by atoms with Crippen LogP contribution in [-0.2, 0) is 0 Å². The lowest BCUT2D eigenvalue weighted by atomic mass is 10.2. The third-order valence-corrected chi connectivity index (χ3v) is 4.44. The van der Waals surface area contributed by atoms with Crippen LogP contribution in [0.4, 0.5) is 9.52 Å². The number of rotatable bonds is 3. The molecule has 2 N–H and O–H groups in total. The molecule has 5 nitrogen and oxygen atoms in total. The number of aromatic nitrogens is 3. The van der Waals surface area contributed by atoms with Gasteiger partial charge in [-0.3, -0.25) is 10.1 Å². The van der Waals surface area contributed by atoms with Crippen molar-refractivity contribution < 1.29 is 9.18 Å². The first-order valence-corrected chi connectivity index (χ1v) is 7.44. The molecule has 0 aliphatic heterocycles. The van der Waals surface area contributed by atoms with Gasteiger partial charge in [0, 0.05) is 16.8 Å². The maximum Gasteiger partial charge on any atom is 0.273 e. The van der Waals surface area contributed by atoms with Gasteiger partial charge in [-0.15, -0.1) is 10.2 Å². The zero-order chi connectivity index (χ0) is 14.4. The predicted octanol–water partition coefficient (Wildman–Crippen LogP) is 3.29. The molecule has 1 fully saturated rings. The summed E-state index contributed by atoms with van der Waals surface area (Å²) in [5, 5.41) is 12.6. The minimum Gasteiger partial charge on any atom is -0.350 e. The number of carbonyl (C=O) groups excluding carboxylic acids is 1. The maximum absolute atomic E-state index is 13.6. The van der Waals surface area contributed by atoms with E-state index >= 15 is 0 Å². The van der Waals surface area contributed by atoms with E-state index in [0.717, 1.165) is 17.8 Å². The molecular weight excluding hydrogens is 291 g/mol. The van der Waals surface area contributed by atoms with Gasteiger partial charge in [0.15, 0.2) is 0 Å². The topological polar surface area (TPSA) is 70.7 Å². The van der Waals surface area contributed by atoms with Crippen LogP contribution >= 0.6 is 11.3 Å². The maximum atomic E-state index is 13.6. The Morgan fingerprint density at radius 2 is 2.24 bits per heavy atom. The molecule has 0 radical (unpaired) electrons. The smallest absolute Gasteiger partial charge is 0.273 e. The Labute approximate surface area is 123 Å². The number of carbonyl (C=O) groups is 1. The number of nitrogens with one attached hydrogen (secondary N) is 2. The molecule has 0 unspecified atom stereocenters. The Balaban J connectivity index is 1.58. The highest BCUT2D eigenvalue weighted by Crippen LogP contribution is 2.42. The van der Waals surface area contributed by atoms with E-state index < -0.39 is 0 Å². The van der Waals surface area contributed by atoms with Crippen molar-refractivity contribution in [2.45, 2.75) is 18.8 Å². The van der Waals surface area contributed by atoms with Crippen molar-refractivity contribution in [2.75, 3.05) is 5.32 Å². The van der Waals surface area contributed by atoms with Gasteiger partial charge in [-0.05, 0) is 31.0 Å². The van der Waals surface area contributed by atoms with Gasteiger partial charge >= 0.3 is 0 Å². The number of hydrogen-bond donors (Lipinski definition) is 2. The third kappa shape index (κ3) is 2.29. The molecule has 0 spiro atoms. The fraction of sp³-hybridized carbons (Fsp3) is 0.214. The van der Waals surface area contributed by atoms with Crippen LogP contribution in [-0.4, -0.2) is 21.1 Å². The highest BCUT2D eigenvalue weighted by molar-refractivity contribution is 7.15. The summed E-state index contributed by atoms with van der Waals surface area (Å²) in [6.45, 7) is 0. The standard InChI is InChI=1S/C14H11FN4OS/c15-9-2-1-3-10-8(9)6-11(16-10)12(20)17-14-19-18-13(21-14)7-4-5-7/h1-3,6-7,16H,4-5H2,(H,17,19,20). The molecule has 0 saturated heterocycles. The number of hydrogen-bond acceptors (Lipinski definition) is 4. The summed E-state index contributed by atoms with van der Waals surface area (Å²) in [5.41, 5.74) is 0.898. The van der Waals surface area contributed by atoms with Crippen molar-refractivity contribution in [3.05, 3.63) is 40.8 Å². The number of anilines is 1. The van der Waals surface area contributed by atoms with Crippen LogP contribution in [0.1, 0.15) is 34.3 Å². The second-order valence-corrected chi connectivity index (χ2v) is 6.07. The number of benzene rings is 1. The van der Waals surface area contributed by atoms with Gasteiger partial charge in [0.05, 0.1) is 0 Å². The average Bonchev–Trinajstić information content (AvgIpc) is 3.05. The summed E-state index contributed by atoms with van der Waals surface area (Å²) in [4.78, 5) is 15.1. The molecule has 21 heavy (non-hydrogen) atoms. The van der Waals surface area contributed by atoms with Gasteiger partial charge in [0.25, 0.3) is 5.91 Å². The van der Waals surface area contributed by atoms with Crippen LogP contribution in [0.3, 0.4) is 0 Å². The lowest BCUT2D eigenvalue weighted by Crippen LogP contribution is -2.11. The van der Waals surface area contributed by atoms with Crippen molar-refractivity contribution in [3.63, 3.8) is 0 Å². The van der Waals surface area contributed by atoms with Gasteiger partial charge in [-0.1, -0.05) is 17.4 Å². The van der Waals surface area contributed by atoms with E-state index in [-0.39, 0.29) is 11.7 Å². The Bertz CT molecular complexity index is 836. The Hall–Kier alpha value is -2.28. The molecule has 3 aromatic rings. The molecule has 2 aromatic heterocycles. The van der Waals surface area contributed by atoms with Crippen molar-refractivity contribution in [1.82, 2.24) is 15.2 Å². The number of nitrogens with zero attached hydrogens (tertiary/aromatic N) is 2. The number of amides is 1. The van der Waals surface area contributed by atoms with Gasteiger partial charge in [0.2, 0.25) is 5.13 Å². The molecule has 7 heteroatoms. The van der Waals surface area contributed by atoms with E-state index in [9.17, 15) is 9.18 Å². The molecule has 1 aromatic carbocycles. The summed E-state index contributed by atoms with van der Waals surface area (Å²) in [5.74, 6) is -0.186. The van der Waals surface area contributed by atoms with Crippen LogP contribution in [0, 0.1) is 5.82 Å². The molecule has 1 saturated carbocycles. The van der Waals surface area contributed by atoms with E-state index in [2.05, 4.69) is 20.5 Å². The quantitative estimate of drug-likeness (QED) is 0.780. The van der Waals surface area contributed by atoms with E-state index in [0.29, 0.717) is 27.6 Å². The largest absolute Gasteiger partial charge is 0.350 e. The normalized spacial score (nSPS) is 14.5. The highest BCUT2D eigenvalue weighted by atomic mass is 32.1. The minimum absolute atomic E-state index is 0.304. The molecular formula is C14H11FN4OS. The van der Waals surface area contributed by atoms with Crippen LogP contribution in [0.25, 0.3) is 10.9 Å². The summed E-state index contributed by atoms with van der Waals surface area (Å²) < 4.78 is 13.6. The number of H-pyrrole nitrogens is 1. The van der Waals surface area contributed by atoms with E-state index in [1.165, 1.54) is 23.5 Å². The Morgan fingerprint density at radius 3 is 3.00 bits per heavy atom. The number of halogens is 1. The Kier molecular flexibility index (Phi) is 2.75. The second-order valence-electron chi connectivity index (χ2n) is 5.06. The lowest BCUT2D eigenvalue weighted by molar-refractivity contribution is 0.102. The average molecular weight is 302 g/mol. The zero-order valence-corrected chi connectivity index (χ0v) is 11.7. The monoisotopic (exact) mass is 302 g/mol. The van der Waals surface area contributed by atoms with Crippen LogP contribution in [0.5, 0.6) is 0 Å². The lowest BCUT2D eigenvalue weighted by Gasteiger charge is -1.97. The van der Waals surface area contributed by atoms with Crippen LogP contribution in [0.15, 0.2) is 24.3 Å². The first kappa shape index (κ1) is 12.5. The molecule has 4 rings (SSSR count). The zero-order valence-electron chi connectivity index (χ0n) is 10.9. The molecule has 2 heterocycles. The molecule has 1 aliphatic rings. The van der Waals surface area contributed by atoms with Crippen molar-refractivity contribution in [2.24, 2.45) is 0 Å². The van der Waals surface area contributed by atoms with Crippen molar-refractivity contribution >= 4 is 33.3 Å². The molecule has 106 valence electrons. The highest BCUT2D eigenvalue weighted by Gasteiger charge is 2.27. The fourth-order valence-electron chi connectivity index (χ4n) is 2.19. The summed E-state index contributed by atoms with van der Waals surface area (Å²) >= 11 is 1.39. The third-order valence-electron chi connectivity index (χ3n) is 3.44. The van der Waals surface area contributed by atoms with Crippen LogP contribution in [0.2, 0.25) is 0 Å². The van der Waals surface area contributed by atoms with Gasteiger partial charge < -0.3 is 4.98 Å². The van der Waals surface area contributed by atoms with E-state index in [4.69, 9.17) is 0 Å². The van der Waals surface area contributed by atoms with E-state index in [1.54, 1.807) is 12.1 Å². The summed E-state index contributed by atoms with van der Waals surface area (Å²) in [7, 11) is 0. The number of aromatic amines is 1. The summed E-state index contributed by atoms with van der Waals surface area (Å²) in [6, 6.07) is 6.20.